The highest BCUT2D eigenvalue weighted by Gasteiger charge is 2.23. The van der Waals surface area contributed by atoms with Crippen molar-refractivity contribution in [3.63, 3.8) is 0 Å². The van der Waals surface area contributed by atoms with Crippen molar-refractivity contribution < 1.29 is 8.78 Å². The molecule has 2 rings (SSSR count). The molecule has 0 radical (unpaired) electrons. The van der Waals surface area contributed by atoms with Gasteiger partial charge < -0.3 is 0 Å². The Kier molecular flexibility index (Phi) is 3.30. The smallest absolute Gasteiger partial charge is 0.220 e. The first kappa shape index (κ1) is 12.5. The molecule has 0 amide bonds. The molecular weight excluding hydrogens is 260 g/mol. The zero-order valence-electron chi connectivity index (χ0n) is 9.36. The number of hydrogen-bond donors (Lipinski definition) is 0. The van der Waals surface area contributed by atoms with Gasteiger partial charge in [-0.15, -0.1) is 0 Å². The van der Waals surface area contributed by atoms with Crippen molar-refractivity contribution in [2.24, 2.45) is 0 Å². The summed E-state index contributed by atoms with van der Waals surface area (Å²) < 4.78 is 26.6. The highest BCUT2D eigenvalue weighted by molar-refractivity contribution is 6.31. The summed E-state index contributed by atoms with van der Waals surface area (Å²) in [7, 11) is 0. The van der Waals surface area contributed by atoms with Crippen LogP contribution < -0.4 is 0 Å². The lowest BCUT2D eigenvalue weighted by Gasteiger charge is -2.03. The molecule has 0 fully saturated rings. The Hall–Kier alpha value is -1.93. The topological polar surface area (TPSA) is 41.6 Å². The molecule has 0 spiro atoms. The first-order valence-corrected chi connectivity index (χ1v) is 5.46. The average molecular weight is 268 g/mol. The van der Waals surface area contributed by atoms with Crippen molar-refractivity contribution in [2.45, 2.75) is 13.3 Å². The number of aryl methyl sites for hydroxylation is 1. The normalized spacial score (nSPS) is 10.7. The molecule has 0 atom stereocenters. The fourth-order valence-corrected chi connectivity index (χ4v) is 1.87. The van der Waals surface area contributed by atoms with Gasteiger partial charge in [0.05, 0.1) is 5.69 Å². The van der Waals surface area contributed by atoms with Crippen LogP contribution in [-0.2, 0) is 0 Å². The Bertz CT molecular complexity index is 629. The highest BCUT2D eigenvalue weighted by Crippen LogP contribution is 2.29. The van der Waals surface area contributed by atoms with Gasteiger partial charge in [-0.25, -0.2) is 13.5 Å². The van der Waals surface area contributed by atoms with Crippen LogP contribution in [0.3, 0.4) is 0 Å². The summed E-state index contributed by atoms with van der Waals surface area (Å²) in [5.41, 5.74) is 0.608. The van der Waals surface area contributed by atoms with Crippen molar-refractivity contribution in [2.75, 3.05) is 0 Å². The molecule has 0 aliphatic heterocycles. The Labute approximate surface area is 107 Å². The lowest BCUT2D eigenvalue weighted by Crippen LogP contribution is -1.98. The predicted molar refractivity (Wildman–Crippen MR) is 63.0 cm³/mol. The van der Waals surface area contributed by atoms with Crippen molar-refractivity contribution >= 4 is 11.6 Å². The van der Waals surface area contributed by atoms with Gasteiger partial charge in [0.15, 0.2) is 5.15 Å². The summed E-state index contributed by atoms with van der Waals surface area (Å²) in [6.45, 7) is 1.86. The van der Waals surface area contributed by atoms with Gasteiger partial charge in [-0.3, -0.25) is 0 Å². The summed E-state index contributed by atoms with van der Waals surface area (Å²) in [6.07, 6.45) is -2.83. The fraction of sp³-hybridized carbons (Fsp3) is 0.167. The maximum atomic E-state index is 12.7. The molecule has 1 aromatic heterocycles. The minimum absolute atomic E-state index is 0.0987. The molecule has 3 nitrogen and oxygen atoms in total. The number of alkyl halides is 2. The molecule has 2 aromatic rings. The molecule has 18 heavy (non-hydrogen) atoms. The zero-order valence-corrected chi connectivity index (χ0v) is 10.1. The van der Waals surface area contributed by atoms with Gasteiger partial charge in [-0.2, -0.15) is 10.4 Å². The van der Waals surface area contributed by atoms with E-state index in [1.54, 1.807) is 24.3 Å². The lowest BCUT2D eigenvalue weighted by atomic mass is 10.2. The summed E-state index contributed by atoms with van der Waals surface area (Å²) in [5, 5.41) is 12.4. The summed E-state index contributed by atoms with van der Waals surface area (Å²) in [6, 6.07) is 8.70. The monoisotopic (exact) mass is 267 g/mol. The second-order valence-electron chi connectivity index (χ2n) is 3.71. The third kappa shape index (κ3) is 2.07. The van der Waals surface area contributed by atoms with Gasteiger partial charge in [0.25, 0.3) is 6.43 Å². The van der Waals surface area contributed by atoms with E-state index in [9.17, 15) is 8.78 Å². The van der Waals surface area contributed by atoms with Crippen LogP contribution in [-0.4, -0.2) is 9.78 Å². The van der Waals surface area contributed by atoms with Crippen LogP contribution in [0.4, 0.5) is 8.78 Å². The number of nitrogens with zero attached hydrogens (tertiary/aromatic N) is 3. The number of benzene rings is 1. The van der Waals surface area contributed by atoms with Crippen LogP contribution in [0.25, 0.3) is 5.69 Å². The molecule has 0 saturated heterocycles. The molecule has 0 N–H and O–H groups in total. The van der Waals surface area contributed by atoms with Crippen LogP contribution in [0.15, 0.2) is 24.3 Å². The van der Waals surface area contributed by atoms with Gasteiger partial charge in [0, 0.05) is 0 Å². The number of aromatic nitrogens is 2. The quantitative estimate of drug-likeness (QED) is 0.833. The minimum atomic E-state index is -2.83. The molecule has 1 aromatic carbocycles. The molecule has 6 heteroatoms. The van der Waals surface area contributed by atoms with E-state index >= 15 is 0 Å². The second kappa shape index (κ2) is 4.75. The molecule has 92 valence electrons. The van der Waals surface area contributed by atoms with Gasteiger partial charge in [-0.05, 0) is 24.6 Å². The molecule has 0 aliphatic carbocycles. The minimum Gasteiger partial charge on any atom is -0.220 e. The number of halogens is 3. The first-order chi connectivity index (χ1) is 8.54. The van der Waals surface area contributed by atoms with Crippen LogP contribution >= 0.6 is 11.6 Å². The van der Waals surface area contributed by atoms with Gasteiger partial charge in [-0.1, -0.05) is 23.7 Å². The van der Waals surface area contributed by atoms with Crippen molar-refractivity contribution in [1.29, 1.82) is 5.26 Å². The summed E-state index contributed by atoms with van der Waals surface area (Å²) in [5.74, 6) is 0. The van der Waals surface area contributed by atoms with Crippen LogP contribution in [0.1, 0.15) is 23.2 Å². The largest absolute Gasteiger partial charge is 0.283 e. The maximum Gasteiger partial charge on any atom is 0.283 e. The third-order valence-corrected chi connectivity index (χ3v) is 2.77. The molecule has 0 bridgehead atoms. The van der Waals surface area contributed by atoms with E-state index in [-0.39, 0.29) is 10.7 Å². The standard InChI is InChI=1S/C12H8ClF2N3/c1-7-3-2-4-8(5-7)18-11(13)9(6-16)10(17-18)12(14)15/h2-5,12H,1H3. The average Bonchev–Trinajstić information content (AvgIpc) is 2.66. The van der Waals surface area contributed by atoms with E-state index in [0.717, 1.165) is 10.2 Å². The van der Waals surface area contributed by atoms with Crippen LogP contribution in [0, 0.1) is 18.3 Å². The zero-order chi connectivity index (χ0) is 13.3. The number of hydrogen-bond acceptors (Lipinski definition) is 2. The third-order valence-electron chi connectivity index (χ3n) is 2.42. The van der Waals surface area contributed by atoms with E-state index in [4.69, 9.17) is 16.9 Å². The van der Waals surface area contributed by atoms with E-state index in [2.05, 4.69) is 5.10 Å². The van der Waals surface area contributed by atoms with Gasteiger partial charge in [0.1, 0.15) is 17.3 Å². The first-order valence-electron chi connectivity index (χ1n) is 5.08. The summed E-state index contributed by atoms with van der Waals surface area (Å²) in [4.78, 5) is 0. The van der Waals surface area contributed by atoms with E-state index < -0.39 is 12.1 Å². The molecule has 1 heterocycles. The van der Waals surface area contributed by atoms with E-state index in [1.165, 1.54) is 0 Å². The molecular formula is C12H8ClF2N3. The maximum absolute atomic E-state index is 12.7. The number of rotatable bonds is 2. The van der Waals surface area contributed by atoms with Crippen LogP contribution in [0.5, 0.6) is 0 Å². The molecule has 0 saturated carbocycles. The van der Waals surface area contributed by atoms with Crippen molar-refractivity contribution in [3.05, 3.63) is 46.2 Å². The SMILES string of the molecule is Cc1cccc(-n2nc(C(F)F)c(C#N)c2Cl)c1. The Morgan fingerprint density at radius 1 is 1.44 bits per heavy atom. The Morgan fingerprint density at radius 3 is 2.67 bits per heavy atom. The lowest BCUT2D eigenvalue weighted by molar-refractivity contribution is 0.145. The summed E-state index contributed by atoms with van der Waals surface area (Å²) >= 11 is 5.91. The molecule has 0 aliphatic rings. The Morgan fingerprint density at radius 2 is 2.17 bits per heavy atom. The van der Waals surface area contributed by atoms with Crippen molar-refractivity contribution in [1.82, 2.24) is 9.78 Å². The second-order valence-corrected chi connectivity index (χ2v) is 4.07. The van der Waals surface area contributed by atoms with Gasteiger partial charge in [0.2, 0.25) is 0 Å². The predicted octanol–water partition coefficient (Wildman–Crippen LogP) is 3.64. The van der Waals surface area contributed by atoms with Gasteiger partial charge >= 0.3 is 0 Å². The highest BCUT2D eigenvalue weighted by atomic mass is 35.5. The fourth-order valence-electron chi connectivity index (χ4n) is 1.60. The van der Waals surface area contributed by atoms with E-state index in [0.29, 0.717) is 5.69 Å². The van der Waals surface area contributed by atoms with Crippen LogP contribution in [0.2, 0.25) is 5.15 Å². The van der Waals surface area contributed by atoms with Crippen molar-refractivity contribution in [3.8, 4) is 11.8 Å². The van der Waals surface area contributed by atoms with E-state index in [1.807, 2.05) is 13.0 Å². The number of nitriles is 1. The Balaban J connectivity index is 2.63. The molecule has 0 unspecified atom stereocenters.